The molecule has 0 saturated carbocycles. The molecule has 0 rings (SSSR count). The van der Waals surface area contributed by atoms with Gasteiger partial charge in [0, 0.05) is 0 Å². The number of hydrogen-bond donors (Lipinski definition) is 2. The summed E-state index contributed by atoms with van der Waals surface area (Å²) < 4.78 is 0. The number of aliphatic carboxylic acids is 2. The van der Waals surface area contributed by atoms with E-state index in [1.165, 1.54) is 6.08 Å². The highest BCUT2D eigenvalue weighted by atomic mass is 16.4. The average Bonchev–Trinajstić information content (AvgIpc) is 2.16. The minimum Gasteiger partial charge on any atom is -0.481 e. The van der Waals surface area contributed by atoms with Crippen LogP contribution in [0.1, 0.15) is 20.3 Å². The van der Waals surface area contributed by atoms with E-state index < -0.39 is 23.8 Å². The van der Waals surface area contributed by atoms with Crippen LogP contribution < -0.4 is 0 Å². The normalized spacial score (nSPS) is 15.6. The molecular formula is C11H16O4. The van der Waals surface area contributed by atoms with Crippen LogP contribution in [0.25, 0.3) is 0 Å². The number of rotatable bonds is 6. The minimum atomic E-state index is -1.11. The molecule has 0 bridgehead atoms. The Balaban J connectivity index is 4.83. The van der Waals surface area contributed by atoms with Gasteiger partial charge in [0.05, 0.1) is 11.8 Å². The van der Waals surface area contributed by atoms with Crippen LogP contribution in [0.4, 0.5) is 0 Å². The molecule has 0 aromatic carbocycles. The summed E-state index contributed by atoms with van der Waals surface area (Å²) in [6, 6.07) is 0. The Morgan fingerprint density at radius 2 is 1.73 bits per heavy atom. The molecule has 0 saturated heterocycles. The molecule has 15 heavy (non-hydrogen) atoms. The van der Waals surface area contributed by atoms with Crippen molar-refractivity contribution in [3.8, 4) is 0 Å². The van der Waals surface area contributed by atoms with Gasteiger partial charge in [-0.25, -0.2) is 0 Å². The molecule has 0 aliphatic carbocycles. The van der Waals surface area contributed by atoms with E-state index in [0.29, 0.717) is 0 Å². The van der Waals surface area contributed by atoms with Crippen LogP contribution in [0, 0.1) is 11.8 Å². The van der Waals surface area contributed by atoms with Crippen LogP contribution in [0.5, 0.6) is 0 Å². The molecule has 0 spiro atoms. The summed E-state index contributed by atoms with van der Waals surface area (Å²) in [5, 5.41) is 17.8. The van der Waals surface area contributed by atoms with Crippen molar-refractivity contribution in [1.29, 1.82) is 0 Å². The third-order valence-corrected chi connectivity index (χ3v) is 2.06. The molecule has 0 aliphatic heterocycles. The summed E-state index contributed by atoms with van der Waals surface area (Å²) in [5.74, 6) is -4.07. The fourth-order valence-electron chi connectivity index (χ4n) is 1.28. The molecule has 0 aromatic heterocycles. The van der Waals surface area contributed by atoms with Crippen molar-refractivity contribution in [2.45, 2.75) is 20.3 Å². The fourth-order valence-corrected chi connectivity index (χ4v) is 1.28. The second kappa shape index (κ2) is 6.81. The number of allylic oxidation sites excluding steroid dienone is 3. The Morgan fingerprint density at radius 1 is 1.13 bits per heavy atom. The molecule has 0 radical (unpaired) electrons. The van der Waals surface area contributed by atoms with Crippen LogP contribution in [-0.2, 0) is 9.59 Å². The van der Waals surface area contributed by atoms with Gasteiger partial charge in [-0.05, 0) is 20.3 Å². The second-order valence-corrected chi connectivity index (χ2v) is 3.14. The zero-order valence-corrected chi connectivity index (χ0v) is 8.88. The predicted octanol–water partition coefficient (Wildman–Crippen LogP) is 1.93. The van der Waals surface area contributed by atoms with Crippen molar-refractivity contribution < 1.29 is 19.8 Å². The highest BCUT2D eigenvalue weighted by Gasteiger charge is 2.30. The van der Waals surface area contributed by atoms with Gasteiger partial charge in [-0.1, -0.05) is 24.3 Å². The lowest BCUT2D eigenvalue weighted by Crippen LogP contribution is -2.28. The molecule has 2 N–H and O–H groups in total. The Labute approximate surface area is 88.9 Å². The first-order chi connectivity index (χ1) is 7.04. The van der Waals surface area contributed by atoms with Gasteiger partial charge in [0.15, 0.2) is 0 Å². The lowest BCUT2D eigenvalue weighted by Gasteiger charge is -2.15. The Hall–Kier alpha value is -1.58. The van der Waals surface area contributed by atoms with Gasteiger partial charge in [0.1, 0.15) is 0 Å². The SMILES string of the molecule is CC=CCC(C(=O)O)C(C=CC)C(=O)O. The standard InChI is InChI=1S/C11H16O4/c1-3-5-7-9(11(14)15)8(6-4-2)10(12)13/h3-6,8-9H,7H2,1-2H3,(H,12,13)(H,14,15). The van der Waals surface area contributed by atoms with Crippen molar-refractivity contribution in [2.24, 2.45) is 11.8 Å². The van der Waals surface area contributed by atoms with E-state index >= 15 is 0 Å². The predicted molar refractivity (Wildman–Crippen MR) is 56.5 cm³/mol. The van der Waals surface area contributed by atoms with Crippen LogP contribution in [0.3, 0.4) is 0 Å². The summed E-state index contributed by atoms with van der Waals surface area (Å²) >= 11 is 0. The lowest BCUT2D eigenvalue weighted by atomic mass is 9.89. The summed E-state index contributed by atoms with van der Waals surface area (Å²) in [5.41, 5.74) is 0. The zero-order valence-electron chi connectivity index (χ0n) is 8.88. The summed E-state index contributed by atoms with van der Waals surface area (Å²) in [7, 11) is 0. The van der Waals surface area contributed by atoms with Crippen LogP contribution in [0.2, 0.25) is 0 Å². The summed E-state index contributed by atoms with van der Waals surface area (Å²) in [6.07, 6.45) is 6.57. The maximum absolute atomic E-state index is 10.9. The Bertz CT molecular complexity index is 278. The number of carbonyl (C=O) groups is 2. The van der Waals surface area contributed by atoms with E-state index in [9.17, 15) is 9.59 Å². The Kier molecular flexibility index (Phi) is 6.09. The van der Waals surface area contributed by atoms with E-state index in [-0.39, 0.29) is 6.42 Å². The fraction of sp³-hybridized carbons (Fsp3) is 0.455. The lowest BCUT2D eigenvalue weighted by molar-refractivity contribution is -0.151. The molecule has 0 heterocycles. The molecule has 4 heteroatoms. The third kappa shape index (κ3) is 4.44. The van der Waals surface area contributed by atoms with Crippen LogP contribution >= 0.6 is 0 Å². The maximum atomic E-state index is 10.9. The van der Waals surface area contributed by atoms with E-state index in [1.54, 1.807) is 32.1 Å². The van der Waals surface area contributed by atoms with Gasteiger partial charge in [-0.2, -0.15) is 0 Å². The molecule has 2 atom stereocenters. The molecule has 0 amide bonds. The first-order valence-electron chi connectivity index (χ1n) is 4.74. The summed E-state index contributed by atoms with van der Waals surface area (Å²) in [4.78, 5) is 21.8. The van der Waals surface area contributed by atoms with Gasteiger partial charge < -0.3 is 10.2 Å². The van der Waals surface area contributed by atoms with Gasteiger partial charge in [-0.15, -0.1) is 0 Å². The van der Waals surface area contributed by atoms with Crippen molar-refractivity contribution in [1.82, 2.24) is 0 Å². The molecule has 2 unspecified atom stereocenters. The average molecular weight is 212 g/mol. The van der Waals surface area contributed by atoms with Crippen molar-refractivity contribution >= 4 is 11.9 Å². The molecule has 0 fully saturated rings. The zero-order chi connectivity index (χ0) is 11.8. The third-order valence-electron chi connectivity index (χ3n) is 2.06. The van der Waals surface area contributed by atoms with E-state index in [4.69, 9.17) is 10.2 Å². The van der Waals surface area contributed by atoms with Crippen molar-refractivity contribution in [3.63, 3.8) is 0 Å². The minimum absolute atomic E-state index is 0.229. The largest absolute Gasteiger partial charge is 0.481 e. The van der Waals surface area contributed by atoms with E-state index in [0.717, 1.165) is 0 Å². The smallest absolute Gasteiger partial charge is 0.311 e. The second-order valence-electron chi connectivity index (χ2n) is 3.14. The number of hydrogen-bond acceptors (Lipinski definition) is 2. The van der Waals surface area contributed by atoms with Crippen LogP contribution in [-0.4, -0.2) is 22.2 Å². The quantitative estimate of drug-likeness (QED) is 0.660. The van der Waals surface area contributed by atoms with Crippen LogP contribution in [0.15, 0.2) is 24.3 Å². The maximum Gasteiger partial charge on any atom is 0.311 e. The molecule has 84 valence electrons. The molecule has 0 aromatic rings. The first-order valence-corrected chi connectivity index (χ1v) is 4.74. The highest BCUT2D eigenvalue weighted by Crippen LogP contribution is 2.19. The summed E-state index contributed by atoms with van der Waals surface area (Å²) in [6.45, 7) is 3.44. The van der Waals surface area contributed by atoms with Gasteiger partial charge >= 0.3 is 11.9 Å². The molecular weight excluding hydrogens is 196 g/mol. The molecule has 4 nitrogen and oxygen atoms in total. The first kappa shape index (κ1) is 13.4. The topological polar surface area (TPSA) is 74.6 Å². The highest BCUT2D eigenvalue weighted by molar-refractivity contribution is 5.81. The monoisotopic (exact) mass is 212 g/mol. The van der Waals surface area contributed by atoms with Gasteiger partial charge in [0.2, 0.25) is 0 Å². The number of carboxylic acids is 2. The number of carboxylic acid groups (broad SMARTS) is 2. The van der Waals surface area contributed by atoms with E-state index in [1.807, 2.05) is 0 Å². The van der Waals surface area contributed by atoms with Gasteiger partial charge in [0.25, 0.3) is 0 Å². The van der Waals surface area contributed by atoms with Gasteiger partial charge in [-0.3, -0.25) is 9.59 Å². The van der Waals surface area contributed by atoms with E-state index in [2.05, 4.69) is 0 Å². The van der Waals surface area contributed by atoms with Crippen molar-refractivity contribution in [3.05, 3.63) is 24.3 Å². The molecule has 0 aliphatic rings. The Morgan fingerprint density at radius 3 is 2.07 bits per heavy atom. The van der Waals surface area contributed by atoms with Crippen molar-refractivity contribution in [2.75, 3.05) is 0 Å².